The summed E-state index contributed by atoms with van der Waals surface area (Å²) in [6.45, 7) is -0.434. The molecule has 130 valence electrons. The normalized spacial score (nSPS) is 9.65. The van der Waals surface area contributed by atoms with Crippen molar-refractivity contribution in [1.29, 1.82) is 10.5 Å². The molecule has 0 atom stereocenters. The van der Waals surface area contributed by atoms with Crippen LogP contribution in [0.1, 0.15) is 22.3 Å². The third-order valence-corrected chi connectivity index (χ3v) is 3.46. The number of carbonyl (C=O) groups is 2. The minimum Gasteiger partial charge on any atom is -0.452 e. The van der Waals surface area contributed by atoms with E-state index in [0.717, 1.165) is 0 Å². The summed E-state index contributed by atoms with van der Waals surface area (Å²) < 4.78 is 18.1. The summed E-state index contributed by atoms with van der Waals surface area (Å²) in [7, 11) is 0. The Hall–Kier alpha value is -3.71. The van der Waals surface area contributed by atoms with E-state index in [2.05, 4.69) is 0 Å². The molecule has 0 aromatic heterocycles. The molecule has 26 heavy (non-hydrogen) atoms. The van der Waals surface area contributed by atoms with Gasteiger partial charge in [-0.1, -0.05) is 0 Å². The van der Waals surface area contributed by atoms with Gasteiger partial charge in [-0.2, -0.15) is 10.5 Å². The lowest BCUT2D eigenvalue weighted by atomic mass is 10.1. The Morgan fingerprint density at radius 1 is 1.04 bits per heavy atom. The van der Waals surface area contributed by atoms with Gasteiger partial charge >= 0.3 is 5.97 Å². The molecule has 6 nitrogen and oxygen atoms in total. The van der Waals surface area contributed by atoms with E-state index in [-0.39, 0.29) is 18.5 Å². The lowest BCUT2D eigenvalue weighted by Gasteiger charge is -2.21. The fraction of sp³-hybridized carbons (Fsp3) is 0.158. The smallest absolute Gasteiger partial charge is 0.338 e. The van der Waals surface area contributed by atoms with E-state index in [9.17, 15) is 14.0 Å². The van der Waals surface area contributed by atoms with Crippen LogP contribution in [0.15, 0.2) is 48.5 Å². The van der Waals surface area contributed by atoms with Crippen LogP contribution in [0.5, 0.6) is 0 Å². The molecule has 0 heterocycles. The molecule has 0 saturated heterocycles. The standard InChI is InChI=1S/C19H14FN3O3/c20-16-6-8-17(9-7-16)23(11-1-10-21)18(24)13-26-19(25)15-4-2-14(12-22)3-5-15/h2-9H,1,11,13H2. The van der Waals surface area contributed by atoms with Crippen LogP contribution in [0, 0.1) is 28.5 Å². The van der Waals surface area contributed by atoms with Gasteiger partial charge in [0.25, 0.3) is 5.91 Å². The van der Waals surface area contributed by atoms with Crippen molar-refractivity contribution in [3.8, 4) is 12.1 Å². The van der Waals surface area contributed by atoms with E-state index in [1.807, 2.05) is 12.1 Å². The Balaban J connectivity index is 2.04. The Labute approximate surface area is 149 Å². The highest BCUT2D eigenvalue weighted by Crippen LogP contribution is 2.16. The molecule has 2 aromatic carbocycles. The molecule has 0 aliphatic heterocycles. The number of benzene rings is 2. The Morgan fingerprint density at radius 3 is 2.27 bits per heavy atom. The van der Waals surface area contributed by atoms with Crippen molar-refractivity contribution < 1.29 is 18.7 Å². The Morgan fingerprint density at radius 2 is 1.69 bits per heavy atom. The molecule has 7 heteroatoms. The lowest BCUT2D eigenvalue weighted by Crippen LogP contribution is -2.35. The minimum atomic E-state index is -0.706. The molecule has 0 radical (unpaired) electrons. The molecular weight excluding hydrogens is 337 g/mol. The zero-order valence-corrected chi connectivity index (χ0v) is 13.7. The molecule has 0 spiro atoms. The highest BCUT2D eigenvalue weighted by molar-refractivity contribution is 5.97. The van der Waals surface area contributed by atoms with Gasteiger partial charge in [-0.15, -0.1) is 0 Å². The predicted molar refractivity (Wildman–Crippen MR) is 90.4 cm³/mol. The van der Waals surface area contributed by atoms with Gasteiger partial charge in [0.05, 0.1) is 29.7 Å². The highest BCUT2D eigenvalue weighted by Gasteiger charge is 2.18. The van der Waals surface area contributed by atoms with Crippen molar-refractivity contribution in [2.24, 2.45) is 0 Å². The topological polar surface area (TPSA) is 94.2 Å². The molecule has 0 saturated carbocycles. The van der Waals surface area contributed by atoms with Gasteiger partial charge in [0.1, 0.15) is 5.82 Å². The van der Waals surface area contributed by atoms with Gasteiger partial charge in [0.2, 0.25) is 0 Å². The second-order valence-corrected chi connectivity index (χ2v) is 5.20. The molecule has 0 N–H and O–H groups in total. The van der Waals surface area contributed by atoms with Gasteiger partial charge in [0, 0.05) is 12.2 Å². The summed E-state index contributed by atoms with van der Waals surface area (Å²) in [6.07, 6.45) is 0.0761. The van der Waals surface area contributed by atoms with Crippen LogP contribution in [-0.2, 0) is 9.53 Å². The van der Waals surface area contributed by atoms with E-state index >= 15 is 0 Å². The molecule has 2 rings (SSSR count). The summed E-state index contributed by atoms with van der Waals surface area (Å²) in [6, 6.07) is 14.9. The maximum atomic E-state index is 13.1. The van der Waals surface area contributed by atoms with E-state index in [4.69, 9.17) is 15.3 Å². The molecule has 1 amide bonds. The van der Waals surface area contributed by atoms with Gasteiger partial charge in [0.15, 0.2) is 6.61 Å². The van der Waals surface area contributed by atoms with Crippen LogP contribution in [0.25, 0.3) is 0 Å². The first kappa shape index (κ1) is 18.6. The van der Waals surface area contributed by atoms with Crippen molar-refractivity contribution in [2.45, 2.75) is 6.42 Å². The first-order valence-corrected chi connectivity index (χ1v) is 7.65. The first-order chi connectivity index (χ1) is 12.5. The fourth-order valence-corrected chi connectivity index (χ4v) is 2.15. The second kappa shape index (κ2) is 8.95. The van der Waals surface area contributed by atoms with Crippen molar-refractivity contribution in [2.75, 3.05) is 18.1 Å². The minimum absolute atomic E-state index is 0.0761. The largest absolute Gasteiger partial charge is 0.452 e. The number of esters is 1. The van der Waals surface area contributed by atoms with E-state index < -0.39 is 24.3 Å². The maximum Gasteiger partial charge on any atom is 0.338 e. The number of nitrogens with zero attached hydrogens (tertiary/aromatic N) is 3. The third kappa shape index (κ3) is 4.89. The van der Waals surface area contributed by atoms with Gasteiger partial charge < -0.3 is 9.64 Å². The monoisotopic (exact) mass is 351 g/mol. The van der Waals surface area contributed by atoms with Crippen LogP contribution in [0.2, 0.25) is 0 Å². The average molecular weight is 351 g/mol. The van der Waals surface area contributed by atoms with Crippen molar-refractivity contribution in [3.05, 3.63) is 65.5 Å². The van der Waals surface area contributed by atoms with Crippen LogP contribution < -0.4 is 4.90 Å². The summed E-state index contributed by atoms with van der Waals surface area (Å²) >= 11 is 0. The summed E-state index contributed by atoms with van der Waals surface area (Å²) in [4.78, 5) is 25.6. The highest BCUT2D eigenvalue weighted by atomic mass is 19.1. The number of hydrogen-bond donors (Lipinski definition) is 0. The molecular formula is C19H14FN3O3. The molecule has 2 aromatic rings. The van der Waals surface area contributed by atoms with E-state index in [0.29, 0.717) is 11.3 Å². The van der Waals surface area contributed by atoms with Crippen molar-refractivity contribution >= 4 is 17.6 Å². The lowest BCUT2D eigenvalue weighted by molar-refractivity contribution is -0.121. The Kier molecular flexibility index (Phi) is 6.41. The number of halogens is 1. The third-order valence-electron chi connectivity index (χ3n) is 3.46. The van der Waals surface area contributed by atoms with Crippen LogP contribution in [-0.4, -0.2) is 25.0 Å². The Bertz CT molecular complexity index is 865. The number of hydrogen-bond acceptors (Lipinski definition) is 5. The number of anilines is 1. The summed E-state index contributed by atoms with van der Waals surface area (Å²) in [5, 5.41) is 17.5. The average Bonchev–Trinajstić information content (AvgIpc) is 2.67. The van der Waals surface area contributed by atoms with E-state index in [1.165, 1.54) is 53.4 Å². The molecule has 0 aliphatic carbocycles. The van der Waals surface area contributed by atoms with Gasteiger partial charge in [-0.25, -0.2) is 9.18 Å². The summed E-state index contributed by atoms with van der Waals surface area (Å²) in [5.74, 6) is -1.69. The SMILES string of the molecule is N#CCCN(C(=O)COC(=O)c1ccc(C#N)cc1)c1ccc(F)cc1. The number of rotatable bonds is 6. The van der Waals surface area contributed by atoms with Crippen LogP contribution in [0.3, 0.4) is 0 Å². The van der Waals surface area contributed by atoms with Crippen LogP contribution >= 0.6 is 0 Å². The van der Waals surface area contributed by atoms with Crippen LogP contribution in [0.4, 0.5) is 10.1 Å². The van der Waals surface area contributed by atoms with Crippen molar-refractivity contribution in [1.82, 2.24) is 0 Å². The molecule has 0 fully saturated rings. The first-order valence-electron chi connectivity index (χ1n) is 7.65. The quantitative estimate of drug-likeness (QED) is 0.746. The van der Waals surface area contributed by atoms with Crippen molar-refractivity contribution in [3.63, 3.8) is 0 Å². The predicted octanol–water partition coefficient (Wildman–Crippen LogP) is 2.80. The molecule has 0 bridgehead atoms. The number of ether oxygens (including phenoxy) is 1. The van der Waals surface area contributed by atoms with Gasteiger partial charge in [-0.3, -0.25) is 4.79 Å². The number of carbonyl (C=O) groups excluding carboxylic acids is 2. The fourth-order valence-electron chi connectivity index (χ4n) is 2.15. The molecule has 0 unspecified atom stereocenters. The van der Waals surface area contributed by atoms with E-state index in [1.54, 1.807) is 0 Å². The number of nitriles is 2. The summed E-state index contributed by atoms with van der Waals surface area (Å²) in [5.41, 5.74) is 1.01. The zero-order valence-electron chi connectivity index (χ0n) is 13.7. The molecule has 0 aliphatic rings. The van der Waals surface area contributed by atoms with Gasteiger partial charge in [-0.05, 0) is 48.5 Å². The maximum absolute atomic E-state index is 13.1. The zero-order chi connectivity index (χ0) is 18.9. The second-order valence-electron chi connectivity index (χ2n) is 5.20. The number of amides is 1.